The number of sulfonamides is 1. The van der Waals surface area contributed by atoms with Crippen LogP contribution < -0.4 is 4.72 Å². The molecule has 2 aromatic carbocycles. The number of nitrogens with one attached hydrogen (secondary N) is 1. The molecule has 0 bridgehead atoms. The fourth-order valence-corrected chi connectivity index (χ4v) is 7.22. The van der Waals surface area contributed by atoms with Crippen LogP contribution in [0.25, 0.3) is 11.1 Å². The van der Waals surface area contributed by atoms with Crippen molar-refractivity contribution in [3.05, 3.63) is 64.9 Å². The summed E-state index contributed by atoms with van der Waals surface area (Å²) in [7, 11) is -2.37. The number of carbonyl (C=O) groups excluding carboxylic acids is 2. The van der Waals surface area contributed by atoms with Crippen molar-refractivity contribution in [3.63, 3.8) is 0 Å². The van der Waals surface area contributed by atoms with Crippen LogP contribution in [0.15, 0.2) is 56.9 Å². The molecule has 2 heterocycles. The first-order valence-corrected chi connectivity index (χ1v) is 16.3. The van der Waals surface area contributed by atoms with Crippen LogP contribution in [0.2, 0.25) is 0 Å². The fourth-order valence-electron chi connectivity index (χ4n) is 5.94. The zero-order chi connectivity index (χ0) is 30.8. The number of aromatic nitrogens is 1. The van der Waals surface area contributed by atoms with Gasteiger partial charge in [0, 0.05) is 31.1 Å². The first-order valence-electron chi connectivity index (χ1n) is 14.8. The molecule has 2 amide bonds. The maximum Gasteiger partial charge on any atom is 0.263 e. The standard InChI is InChI=1S/C32H39N5O5S/c1-5-6-13-29-33-32(16-9-10-17-32)31(39)37(29)19-24-14-15-26(25(18-24)20-36(4)21-38)27-11-7-8-12-28(27)43(40,41)35-30-22(2)23(3)42-34-30/h7-8,11-12,14-15,18,21H,5-6,9-10,13,16-17,19-20H2,1-4H3,(H,34,35). The second kappa shape index (κ2) is 12.3. The van der Waals surface area contributed by atoms with Crippen LogP contribution in [-0.2, 0) is 32.7 Å². The zero-order valence-corrected chi connectivity index (χ0v) is 26.0. The van der Waals surface area contributed by atoms with E-state index >= 15 is 0 Å². The van der Waals surface area contributed by atoms with E-state index in [4.69, 9.17) is 9.52 Å². The van der Waals surface area contributed by atoms with Crippen LogP contribution in [0, 0.1) is 13.8 Å². The lowest BCUT2D eigenvalue weighted by molar-refractivity contribution is -0.131. The molecule has 1 saturated carbocycles. The molecular formula is C32H39N5O5S. The number of amidine groups is 1. The number of amides is 2. The minimum absolute atomic E-state index is 0.0738. The van der Waals surface area contributed by atoms with Crippen LogP contribution in [0.4, 0.5) is 5.82 Å². The summed E-state index contributed by atoms with van der Waals surface area (Å²) in [5.74, 6) is 1.59. The highest BCUT2D eigenvalue weighted by Gasteiger charge is 2.49. The Morgan fingerprint density at radius 1 is 1.12 bits per heavy atom. The highest BCUT2D eigenvalue weighted by Crippen LogP contribution is 2.40. The van der Waals surface area contributed by atoms with Crippen LogP contribution in [0.5, 0.6) is 0 Å². The van der Waals surface area contributed by atoms with Gasteiger partial charge in [-0.2, -0.15) is 0 Å². The van der Waals surface area contributed by atoms with E-state index in [1.165, 1.54) is 4.90 Å². The third-order valence-electron chi connectivity index (χ3n) is 8.45. The van der Waals surface area contributed by atoms with Crippen molar-refractivity contribution in [2.24, 2.45) is 4.99 Å². The molecule has 10 nitrogen and oxygen atoms in total. The molecule has 1 spiro atoms. The van der Waals surface area contributed by atoms with E-state index in [9.17, 15) is 18.0 Å². The van der Waals surface area contributed by atoms with Gasteiger partial charge >= 0.3 is 0 Å². The molecule has 1 aliphatic carbocycles. The molecule has 0 radical (unpaired) electrons. The number of hydrogen-bond donors (Lipinski definition) is 1. The summed E-state index contributed by atoms with van der Waals surface area (Å²) >= 11 is 0. The number of nitrogens with zero attached hydrogens (tertiary/aromatic N) is 4. The molecule has 3 aromatic rings. The van der Waals surface area contributed by atoms with Gasteiger partial charge < -0.3 is 9.42 Å². The number of aryl methyl sites for hydroxylation is 1. The Kier molecular flexibility index (Phi) is 8.73. The summed E-state index contributed by atoms with van der Waals surface area (Å²) < 4.78 is 34.9. The molecule has 11 heteroatoms. The summed E-state index contributed by atoms with van der Waals surface area (Å²) in [4.78, 5) is 33.8. The second-order valence-electron chi connectivity index (χ2n) is 11.6. The molecule has 1 aliphatic heterocycles. The van der Waals surface area contributed by atoms with Crippen molar-refractivity contribution in [1.29, 1.82) is 0 Å². The average Bonchev–Trinajstić information content (AvgIpc) is 3.67. The summed E-state index contributed by atoms with van der Waals surface area (Å²) in [6.07, 6.45) is 7.06. The highest BCUT2D eigenvalue weighted by atomic mass is 32.2. The van der Waals surface area contributed by atoms with Gasteiger partial charge in [0.05, 0.1) is 11.4 Å². The van der Waals surface area contributed by atoms with Gasteiger partial charge in [-0.25, -0.2) is 8.42 Å². The molecule has 228 valence electrons. The number of hydrogen-bond acceptors (Lipinski definition) is 7. The molecule has 0 saturated heterocycles. The van der Waals surface area contributed by atoms with Gasteiger partial charge in [-0.1, -0.05) is 67.7 Å². The molecule has 5 rings (SSSR count). The van der Waals surface area contributed by atoms with E-state index in [1.54, 1.807) is 45.2 Å². The highest BCUT2D eigenvalue weighted by molar-refractivity contribution is 7.92. The second-order valence-corrected chi connectivity index (χ2v) is 13.2. The number of anilines is 1. The Balaban J connectivity index is 1.51. The third kappa shape index (κ3) is 6.08. The minimum Gasteiger partial charge on any atom is -0.359 e. The van der Waals surface area contributed by atoms with Gasteiger partial charge in [0.15, 0.2) is 5.82 Å². The minimum atomic E-state index is -4.04. The topological polar surface area (TPSA) is 125 Å². The number of unbranched alkanes of at least 4 members (excludes halogenated alkanes) is 1. The fraction of sp³-hybridized carbons (Fsp3) is 0.438. The number of carbonyl (C=O) groups is 2. The van der Waals surface area contributed by atoms with Crippen molar-refractivity contribution in [3.8, 4) is 11.1 Å². The molecule has 0 unspecified atom stereocenters. The predicted octanol–water partition coefficient (Wildman–Crippen LogP) is 5.59. The molecular weight excluding hydrogens is 566 g/mol. The Morgan fingerprint density at radius 3 is 2.53 bits per heavy atom. The van der Waals surface area contributed by atoms with Gasteiger partial charge in [0.25, 0.3) is 15.9 Å². The van der Waals surface area contributed by atoms with Crippen molar-refractivity contribution in [2.75, 3.05) is 11.8 Å². The molecule has 0 atom stereocenters. The van der Waals surface area contributed by atoms with Gasteiger partial charge in [0.2, 0.25) is 6.41 Å². The number of rotatable bonds is 12. The lowest BCUT2D eigenvalue weighted by Gasteiger charge is -2.24. The van der Waals surface area contributed by atoms with Crippen LogP contribution in [0.3, 0.4) is 0 Å². The predicted molar refractivity (Wildman–Crippen MR) is 165 cm³/mol. The van der Waals surface area contributed by atoms with Crippen LogP contribution in [0.1, 0.15) is 74.3 Å². The molecule has 2 aliphatic rings. The monoisotopic (exact) mass is 605 g/mol. The Morgan fingerprint density at radius 2 is 1.86 bits per heavy atom. The number of aliphatic imine (C=N–C) groups is 1. The van der Waals surface area contributed by atoms with Gasteiger partial charge in [-0.3, -0.25) is 24.2 Å². The van der Waals surface area contributed by atoms with Gasteiger partial charge in [-0.05, 0) is 55.9 Å². The van der Waals surface area contributed by atoms with E-state index < -0.39 is 15.6 Å². The summed E-state index contributed by atoms with van der Waals surface area (Å²) in [5.41, 5.74) is 2.80. The van der Waals surface area contributed by atoms with Gasteiger partial charge in [0.1, 0.15) is 17.1 Å². The van der Waals surface area contributed by atoms with Crippen molar-refractivity contribution >= 4 is 34.0 Å². The number of benzene rings is 2. The summed E-state index contributed by atoms with van der Waals surface area (Å²) in [6.45, 7) is 6.20. The van der Waals surface area contributed by atoms with E-state index in [0.29, 0.717) is 29.0 Å². The SMILES string of the molecule is CCCCC1=NC2(CCCC2)C(=O)N1Cc1ccc(-c2ccccc2S(=O)(=O)Nc2noc(C)c2C)c(CN(C)C=O)c1. The van der Waals surface area contributed by atoms with Crippen LogP contribution >= 0.6 is 0 Å². The maximum atomic E-state index is 13.7. The normalized spacial score (nSPS) is 16.1. The van der Waals surface area contributed by atoms with Gasteiger partial charge in [-0.15, -0.1) is 0 Å². The van der Waals surface area contributed by atoms with E-state index in [-0.39, 0.29) is 23.2 Å². The lowest BCUT2D eigenvalue weighted by atomic mass is 9.96. The van der Waals surface area contributed by atoms with E-state index in [1.807, 2.05) is 23.1 Å². The maximum absolute atomic E-state index is 13.7. The summed E-state index contributed by atoms with van der Waals surface area (Å²) in [5, 5.41) is 3.86. The molecule has 1 N–H and O–H groups in total. The first-order chi connectivity index (χ1) is 20.6. The first kappa shape index (κ1) is 30.5. The van der Waals surface area contributed by atoms with Crippen molar-refractivity contribution < 1.29 is 22.5 Å². The average molecular weight is 606 g/mol. The van der Waals surface area contributed by atoms with Crippen molar-refractivity contribution in [2.45, 2.75) is 89.2 Å². The Bertz CT molecular complexity index is 1660. The van der Waals surface area contributed by atoms with Crippen LogP contribution in [-0.4, -0.2) is 54.1 Å². The smallest absolute Gasteiger partial charge is 0.263 e. The Hall–Kier alpha value is -3.99. The zero-order valence-electron chi connectivity index (χ0n) is 25.2. The molecule has 1 aromatic heterocycles. The third-order valence-corrected chi connectivity index (χ3v) is 9.84. The Labute approximate surface area is 253 Å². The van der Waals surface area contributed by atoms with Crippen molar-refractivity contribution in [1.82, 2.24) is 15.0 Å². The lowest BCUT2D eigenvalue weighted by Crippen LogP contribution is -2.40. The van der Waals surface area contributed by atoms with E-state index in [2.05, 4.69) is 16.8 Å². The quantitative estimate of drug-likeness (QED) is 0.268. The van der Waals surface area contributed by atoms with E-state index in [0.717, 1.165) is 68.3 Å². The largest absolute Gasteiger partial charge is 0.359 e. The molecule has 43 heavy (non-hydrogen) atoms. The summed E-state index contributed by atoms with van der Waals surface area (Å²) in [6, 6.07) is 12.5. The molecule has 1 fully saturated rings.